The van der Waals surface area contributed by atoms with Crippen molar-refractivity contribution in [2.24, 2.45) is 0 Å². The molecule has 9 heteroatoms. The number of nitrogens with zero attached hydrogens (tertiary/aromatic N) is 6. The molecular weight excluding hydrogens is 428 g/mol. The second-order valence-electron chi connectivity index (χ2n) is 9.22. The van der Waals surface area contributed by atoms with Gasteiger partial charge in [0.05, 0.1) is 18.5 Å². The molecule has 4 heterocycles. The van der Waals surface area contributed by atoms with Crippen LogP contribution in [0, 0.1) is 0 Å². The fourth-order valence-electron chi connectivity index (χ4n) is 4.93. The Morgan fingerprint density at radius 3 is 2.53 bits per heavy atom. The predicted molar refractivity (Wildman–Crippen MR) is 138 cm³/mol. The SMILES string of the molecule is CNC.C[C@H]1CN(c2ccc(Nc3ncc4ccn(C5CCCC5)c4n3)nc2)CCN1CCO. The van der Waals surface area contributed by atoms with Crippen LogP contribution >= 0.6 is 0 Å². The zero-order valence-corrected chi connectivity index (χ0v) is 20.6. The van der Waals surface area contributed by atoms with Crippen LogP contribution in [0.4, 0.5) is 17.5 Å². The molecule has 0 spiro atoms. The molecule has 1 saturated heterocycles. The number of nitrogens with one attached hydrogen (secondary N) is 2. The Morgan fingerprint density at radius 1 is 1.06 bits per heavy atom. The summed E-state index contributed by atoms with van der Waals surface area (Å²) < 4.78 is 2.31. The van der Waals surface area contributed by atoms with Crippen molar-refractivity contribution < 1.29 is 5.11 Å². The molecule has 1 aliphatic heterocycles. The van der Waals surface area contributed by atoms with Crippen molar-refractivity contribution in [1.82, 2.24) is 29.7 Å². The zero-order valence-electron chi connectivity index (χ0n) is 20.6. The lowest BCUT2D eigenvalue weighted by Gasteiger charge is -2.40. The molecule has 0 unspecified atom stereocenters. The minimum atomic E-state index is 0.214. The summed E-state index contributed by atoms with van der Waals surface area (Å²) in [4.78, 5) is 18.6. The average molecular weight is 467 g/mol. The molecule has 1 aliphatic carbocycles. The van der Waals surface area contributed by atoms with Crippen LogP contribution in [0.25, 0.3) is 11.0 Å². The first kappa shape index (κ1) is 24.4. The lowest BCUT2D eigenvalue weighted by Crippen LogP contribution is -2.52. The topological polar surface area (TPSA) is 94.4 Å². The van der Waals surface area contributed by atoms with Gasteiger partial charge in [-0.25, -0.2) is 9.97 Å². The number of pyridine rings is 1. The van der Waals surface area contributed by atoms with Gasteiger partial charge in [-0.15, -0.1) is 0 Å². The molecule has 0 aromatic carbocycles. The van der Waals surface area contributed by atoms with E-state index in [-0.39, 0.29) is 6.61 Å². The van der Waals surface area contributed by atoms with E-state index >= 15 is 0 Å². The first-order valence-electron chi connectivity index (χ1n) is 12.4. The van der Waals surface area contributed by atoms with Gasteiger partial charge in [0.15, 0.2) is 0 Å². The molecular formula is C25H38N8O. The van der Waals surface area contributed by atoms with Crippen molar-refractivity contribution in [2.75, 3.05) is 57.1 Å². The number of aromatic nitrogens is 4. The smallest absolute Gasteiger partial charge is 0.230 e. The van der Waals surface area contributed by atoms with Crippen LogP contribution in [0.1, 0.15) is 38.6 Å². The Bertz CT molecular complexity index is 1030. The molecule has 34 heavy (non-hydrogen) atoms. The molecule has 0 amide bonds. The highest BCUT2D eigenvalue weighted by Gasteiger charge is 2.23. The van der Waals surface area contributed by atoms with Crippen LogP contribution in [-0.4, -0.2) is 82.4 Å². The van der Waals surface area contributed by atoms with Crippen molar-refractivity contribution in [3.05, 3.63) is 36.8 Å². The summed E-state index contributed by atoms with van der Waals surface area (Å²) in [5.41, 5.74) is 2.11. The van der Waals surface area contributed by atoms with Crippen molar-refractivity contribution in [3.63, 3.8) is 0 Å². The van der Waals surface area contributed by atoms with Gasteiger partial charge in [0.2, 0.25) is 5.95 Å². The van der Waals surface area contributed by atoms with E-state index in [1.165, 1.54) is 25.7 Å². The fourth-order valence-corrected chi connectivity index (χ4v) is 4.93. The Labute approximate surface area is 202 Å². The Balaban J connectivity index is 0.000000868. The summed E-state index contributed by atoms with van der Waals surface area (Å²) in [6, 6.07) is 7.16. The van der Waals surface area contributed by atoms with E-state index in [1.807, 2.05) is 32.6 Å². The van der Waals surface area contributed by atoms with E-state index in [1.54, 1.807) is 0 Å². The van der Waals surface area contributed by atoms with Gasteiger partial charge in [-0.05, 0) is 52.1 Å². The number of aliphatic hydroxyl groups is 1. The summed E-state index contributed by atoms with van der Waals surface area (Å²) >= 11 is 0. The van der Waals surface area contributed by atoms with Gasteiger partial charge in [0.1, 0.15) is 11.5 Å². The van der Waals surface area contributed by atoms with Crippen molar-refractivity contribution in [1.29, 1.82) is 0 Å². The molecule has 5 rings (SSSR count). The molecule has 3 aromatic heterocycles. The number of β-amino-alcohol motifs (C(OH)–C–C–N with tert-alkyl or cyclic N) is 1. The summed E-state index contributed by atoms with van der Waals surface area (Å²) in [6.45, 7) is 6.00. The van der Waals surface area contributed by atoms with Crippen molar-refractivity contribution in [3.8, 4) is 0 Å². The van der Waals surface area contributed by atoms with Crippen LogP contribution in [0.15, 0.2) is 36.8 Å². The molecule has 0 bridgehead atoms. The van der Waals surface area contributed by atoms with Gasteiger partial charge in [0.25, 0.3) is 0 Å². The van der Waals surface area contributed by atoms with Gasteiger partial charge in [-0.3, -0.25) is 4.90 Å². The zero-order chi connectivity index (χ0) is 23.9. The molecule has 0 radical (unpaired) electrons. The number of hydrogen-bond donors (Lipinski definition) is 3. The average Bonchev–Trinajstić information content (AvgIpc) is 3.51. The normalized spacial score (nSPS) is 19.3. The van der Waals surface area contributed by atoms with E-state index in [9.17, 15) is 5.11 Å². The summed E-state index contributed by atoms with van der Waals surface area (Å²) in [7, 11) is 3.75. The highest BCUT2D eigenvalue weighted by Crippen LogP contribution is 2.32. The van der Waals surface area contributed by atoms with Gasteiger partial charge in [-0.1, -0.05) is 12.8 Å². The highest BCUT2D eigenvalue weighted by atomic mass is 16.3. The summed E-state index contributed by atoms with van der Waals surface area (Å²) in [5.74, 6) is 1.32. The Hall–Kier alpha value is -2.75. The first-order chi connectivity index (χ1) is 16.6. The number of anilines is 3. The van der Waals surface area contributed by atoms with Gasteiger partial charge < -0.3 is 25.2 Å². The third-order valence-corrected chi connectivity index (χ3v) is 6.68. The van der Waals surface area contributed by atoms with E-state index in [2.05, 4.69) is 60.2 Å². The van der Waals surface area contributed by atoms with Crippen LogP contribution in [-0.2, 0) is 0 Å². The van der Waals surface area contributed by atoms with Crippen LogP contribution in [0.2, 0.25) is 0 Å². The Kier molecular flexibility index (Phi) is 8.31. The maximum atomic E-state index is 9.20. The summed E-state index contributed by atoms with van der Waals surface area (Å²) in [6.07, 6.45) is 11.0. The molecule has 9 nitrogen and oxygen atoms in total. The first-order valence-corrected chi connectivity index (χ1v) is 12.4. The predicted octanol–water partition coefficient (Wildman–Crippen LogP) is 3.02. The monoisotopic (exact) mass is 466 g/mol. The molecule has 2 aliphatic rings. The third-order valence-electron chi connectivity index (χ3n) is 6.68. The van der Waals surface area contributed by atoms with Gasteiger partial charge in [-0.2, -0.15) is 4.98 Å². The molecule has 184 valence electrons. The molecule has 2 fully saturated rings. The van der Waals surface area contributed by atoms with Gasteiger partial charge in [0, 0.05) is 56.0 Å². The lowest BCUT2D eigenvalue weighted by molar-refractivity contribution is 0.146. The van der Waals surface area contributed by atoms with Crippen molar-refractivity contribution in [2.45, 2.75) is 44.7 Å². The minimum Gasteiger partial charge on any atom is -0.395 e. The summed E-state index contributed by atoms with van der Waals surface area (Å²) in [5, 5.41) is 16.3. The molecule has 1 saturated carbocycles. The van der Waals surface area contributed by atoms with E-state index in [0.717, 1.165) is 48.7 Å². The largest absolute Gasteiger partial charge is 0.395 e. The lowest BCUT2D eigenvalue weighted by atomic mass is 10.2. The Morgan fingerprint density at radius 2 is 1.85 bits per heavy atom. The number of fused-ring (bicyclic) bond motifs is 1. The second kappa shape index (κ2) is 11.6. The van der Waals surface area contributed by atoms with Gasteiger partial charge >= 0.3 is 0 Å². The molecule has 3 N–H and O–H groups in total. The second-order valence-corrected chi connectivity index (χ2v) is 9.22. The van der Waals surface area contributed by atoms with Crippen LogP contribution < -0.4 is 15.5 Å². The molecule has 3 aromatic rings. The van der Waals surface area contributed by atoms with Crippen LogP contribution in [0.3, 0.4) is 0 Å². The quantitative estimate of drug-likeness (QED) is 0.510. The van der Waals surface area contributed by atoms with Crippen LogP contribution in [0.5, 0.6) is 0 Å². The third kappa shape index (κ3) is 5.65. The van der Waals surface area contributed by atoms with E-state index < -0.39 is 0 Å². The van der Waals surface area contributed by atoms with Crippen molar-refractivity contribution >= 4 is 28.5 Å². The number of piperazine rings is 1. The maximum Gasteiger partial charge on any atom is 0.230 e. The molecule has 1 atom stereocenters. The minimum absolute atomic E-state index is 0.214. The number of hydrogen-bond acceptors (Lipinski definition) is 8. The van der Waals surface area contributed by atoms with E-state index in [0.29, 0.717) is 18.0 Å². The van der Waals surface area contributed by atoms with E-state index in [4.69, 9.17) is 4.98 Å². The highest BCUT2D eigenvalue weighted by molar-refractivity contribution is 5.77. The number of aliphatic hydroxyl groups excluding tert-OH is 1. The fraction of sp³-hybridized carbons (Fsp3) is 0.560. The maximum absolute atomic E-state index is 9.20. The standard InChI is InChI=1S/C23H31N7O.C2H7N/c1-17-16-29(11-10-28(17)12-13-31)20-6-7-21(24-15-20)26-23-25-14-18-8-9-30(22(18)27-23)19-4-2-3-5-19;1-3-2/h6-9,14-15,17,19,31H,2-5,10-13,16H2,1H3,(H,24,25,26,27);3H,1-2H3/t17-;/m0./s1. The number of rotatable bonds is 6.